The zero-order chi connectivity index (χ0) is 11.5. The summed E-state index contributed by atoms with van der Waals surface area (Å²) in [5.41, 5.74) is 7.05. The molecule has 86 valence electrons. The van der Waals surface area contributed by atoms with Crippen LogP contribution in [0, 0.1) is 0 Å². The van der Waals surface area contributed by atoms with Crippen LogP contribution in [0.15, 0.2) is 12.3 Å². The third kappa shape index (κ3) is 2.08. The van der Waals surface area contributed by atoms with Gasteiger partial charge in [0, 0.05) is 24.9 Å². The van der Waals surface area contributed by atoms with Gasteiger partial charge in [-0.3, -0.25) is 9.78 Å². The number of anilines is 1. The number of hydrogen-bond acceptors (Lipinski definition) is 4. The Morgan fingerprint density at radius 1 is 1.69 bits per heavy atom. The Labute approximate surface area is 94.0 Å². The topological polar surface area (TPSA) is 77.2 Å². The van der Waals surface area contributed by atoms with E-state index in [4.69, 9.17) is 10.5 Å². The van der Waals surface area contributed by atoms with E-state index in [0.717, 1.165) is 5.69 Å². The van der Waals surface area contributed by atoms with Gasteiger partial charge >= 0.3 is 0 Å². The van der Waals surface area contributed by atoms with Gasteiger partial charge in [0.05, 0.1) is 24.2 Å². The Hall–Kier alpha value is -1.78. The first-order valence-corrected chi connectivity index (χ1v) is 5.35. The quantitative estimate of drug-likeness (QED) is 0.786. The third-order valence-corrected chi connectivity index (χ3v) is 2.57. The molecule has 0 spiro atoms. The molecule has 0 saturated carbocycles. The zero-order valence-electron chi connectivity index (χ0n) is 9.19. The van der Waals surface area contributed by atoms with Crippen molar-refractivity contribution in [1.29, 1.82) is 0 Å². The van der Waals surface area contributed by atoms with E-state index in [1.807, 2.05) is 6.92 Å². The number of aromatic nitrogens is 1. The molecule has 1 atom stereocenters. The molecule has 2 rings (SSSR count). The molecule has 16 heavy (non-hydrogen) atoms. The lowest BCUT2D eigenvalue weighted by atomic mass is 10.0. The largest absolute Gasteiger partial charge is 0.492 e. The molecule has 0 bridgehead atoms. The Morgan fingerprint density at radius 2 is 2.50 bits per heavy atom. The highest BCUT2D eigenvalue weighted by Gasteiger charge is 2.26. The maximum absolute atomic E-state index is 11.2. The molecule has 5 nitrogen and oxygen atoms in total. The molecule has 5 heteroatoms. The van der Waals surface area contributed by atoms with Gasteiger partial charge in [-0.1, -0.05) is 0 Å². The number of pyridine rings is 1. The van der Waals surface area contributed by atoms with E-state index in [1.54, 1.807) is 12.3 Å². The average molecular weight is 221 g/mol. The summed E-state index contributed by atoms with van der Waals surface area (Å²) < 4.78 is 5.48. The maximum atomic E-state index is 11.2. The molecule has 1 saturated heterocycles. The van der Waals surface area contributed by atoms with Crippen LogP contribution in [0.2, 0.25) is 0 Å². The number of nitrogen functional groups attached to an aromatic ring is 1. The van der Waals surface area contributed by atoms with Crippen molar-refractivity contribution in [3.8, 4) is 5.75 Å². The summed E-state index contributed by atoms with van der Waals surface area (Å²) in [5, 5.41) is 2.79. The highest BCUT2D eigenvalue weighted by atomic mass is 16.5. The fraction of sp³-hybridized carbons (Fsp3) is 0.455. The fourth-order valence-corrected chi connectivity index (χ4v) is 1.85. The standard InChI is InChI=1S/C11H15N3O2/c1-2-16-9-4-8(12)6-14-11(9)7-3-10(15)13-5-7/h4,6-7H,2-3,5,12H2,1H3,(H,13,15). The van der Waals surface area contributed by atoms with Crippen molar-refractivity contribution >= 4 is 11.6 Å². The minimum atomic E-state index is 0.0612. The Kier molecular flexibility index (Phi) is 2.94. The summed E-state index contributed by atoms with van der Waals surface area (Å²) in [7, 11) is 0. The SMILES string of the molecule is CCOc1cc(N)cnc1C1CNC(=O)C1. The van der Waals surface area contributed by atoms with E-state index < -0.39 is 0 Å². The van der Waals surface area contributed by atoms with E-state index in [2.05, 4.69) is 10.3 Å². The van der Waals surface area contributed by atoms with Crippen molar-refractivity contribution in [2.45, 2.75) is 19.3 Å². The Morgan fingerprint density at radius 3 is 3.12 bits per heavy atom. The molecular formula is C11H15N3O2. The number of nitrogens with zero attached hydrogens (tertiary/aromatic N) is 1. The molecule has 0 aliphatic carbocycles. The van der Waals surface area contributed by atoms with Crippen LogP contribution >= 0.6 is 0 Å². The molecule has 1 fully saturated rings. The number of hydrogen-bond donors (Lipinski definition) is 2. The monoisotopic (exact) mass is 221 g/mol. The summed E-state index contributed by atoms with van der Waals surface area (Å²) in [6.07, 6.45) is 2.07. The van der Waals surface area contributed by atoms with Gasteiger partial charge in [-0.2, -0.15) is 0 Å². The van der Waals surface area contributed by atoms with Crippen molar-refractivity contribution in [3.05, 3.63) is 18.0 Å². The molecule has 2 heterocycles. The van der Waals surface area contributed by atoms with Crippen molar-refractivity contribution in [2.75, 3.05) is 18.9 Å². The molecule has 1 aromatic rings. The van der Waals surface area contributed by atoms with Crippen molar-refractivity contribution in [1.82, 2.24) is 10.3 Å². The van der Waals surface area contributed by atoms with Crippen molar-refractivity contribution < 1.29 is 9.53 Å². The van der Waals surface area contributed by atoms with Crippen LogP contribution in [0.5, 0.6) is 5.75 Å². The van der Waals surface area contributed by atoms with E-state index in [-0.39, 0.29) is 11.8 Å². The average Bonchev–Trinajstić information content (AvgIpc) is 2.65. The first-order chi connectivity index (χ1) is 7.70. The highest BCUT2D eigenvalue weighted by molar-refractivity contribution is 5.79. The predicted molar refractivity (Wildman–Crippen MR) is 60.2 cm³/mol. The van der Waals surface area contributed by atoms with Crippen LogP contribution in [0.4, 0.5) is 5.69 Å². The number of nitrogens with one attached hydrogen (secondary N) is 1. The third-order valence-electron chi connectivity index (χ3n) is 2.57. The minimum absolute atomic E-state index is 0.0612. The number of rotatable bonds is 3. The fourth-order valence-electron chi connectivity index (χ4n) is 1.85. The zero-order valence-corrected chi connectivity index (χ0v) is 9.19. The predicted octanol–water partition coefficient (Wildman–Crippen LogP) is 0.666. The molecule has 0 aromatic carbocycles. The second-order valence-corrected chi connectivity index (χ2v) is 3.79. The number of carbonyl (C=O) groups excluding carboxylic acids is 1. The highest BCUT2D eigenvalue weighted by Crippen LogP contribution is 2.30. The number of amides is 1. The molecule has 1 aliphatic rings. The van der Waals surface area contributed by atoms with Crippen LogP contribution in [0.1, 0.15) is 25.0 Å². The first-order valence-electron chi connectivity index (χ1n) is 5.35. The van der Waals surface area contributed by atoms with Crippen molar-refractivity contribution in [3.63, 3.8) is 0 Å². The van der Waals surface area contributed by atoms with Gasteiger partial charge in [0.15, 0.2) is 0 Å². The molecule has 1 amide bonds. The van der Waals surface area contributed by atoms with Gasteiger partial charge in [0.25, 0.3) is 0 Å². The van der Waals surface area contributed by atoms with E-state index >= 15 is 0 Å². The van der Waals surface area contributed by atoms with Gasteiger partial charge in [-0.15, -0.1) is 0 Å². The van der Waals surface area contributed by atoms with Crippen LogP contribution in [-0.4, -0.2) is 24.0 Å². The smallest absolute Gasteiger partial charge is 0.220 e. The van der Waals surface area contributed by atoms with E-state index in [9.17, 15) is 4.79 Å². The summed E-state index contributed by atoms with van der Waals surface area (Å²) in [4.78, 5) is 15.4. The Bertz CT molecular complexity index is 406. The molecule has 1 unspecified atom stereocenters. The van der Waals surface area contributed by atoms with Gasteiger partial charge in [-0.25, -0.2) is 0 Å². The van der Waals surface area contributed by atoms with Gasteiger partial charge in [0.1, 0.15) is 5.75 Å². The number of ether oxygens (including phenoxy) is 1. The lowest BCUT2D eigenvalue weighted by Gasteiger charge is -2.13. The van der Waals surface area contributed by atoms with Crippen LogP contribution in [0.3, 0.4) is 0 Å². The van der Waals surface area contributed by atoms with Gasteiger partial charge in [0.2, 0.25) is 5.91 Å². The van der Waals surface area contributed by atoms with Crippen LogP contribution in [0.25, 0.3) is 0 Å². The normalized spacial score (nSPS) is 19.6. The molecular weight excluding hydrogens is 206 g/mol. The first kappa shape index (κ1) is 10.7. The molecule has 1 aromatic heterocycles. The Balaban J connectivity index is 2.28. The summed E-state index contributed by atoms with van der Waals surface area (Å²) in [6.45, 7) is 3.09. The van der Waals surface area contributed by atoms with Crippen LogP contribution in [-0.2, 0) is 4.79 Å². The van der Waals surface area contributed by atoms with Gasteiger partial charge in [-0.05, 0) is 6.92 Å². The van der Waals surface area contributed by atoms with Crippen molar-refractivity contribution in [2.24, 2.45) is 0 Å². The lowest BCUT2D eigenvalue weighted by Crippen LogP contribution is -2.14. The number of carbonyl (C=O) groups is 1. The molecule has 1 aliphatic heterocycles. The second kappa shape index (κ2) is 4.38. The maximum Gasteiger partial charge on any atom is 0.220 e. The van der Waals surface area contributed by atoms with E-state index in [0.29, 0.717) is 31.0 Å². The summed E-state index contributed by atoms with van der Waals surface area (Å²) in [5.74, 6) is 0.838. The second-order valence-electron chi connectivity index (χ2n) is 3.79. The molecule has 0 radical (unpaired) electrons. The van der Waals surface area contributed by atoms with Gasteiger partial charge < -0.3 is 15.8 Å². The summed E-state index contributed by atoms with van der Waals surface area (Å²) >= 11 is 0. The van der Waals surface area contributed by atoms with Crippen LogP contribution < -0.4 is 15.8 Å². The lowest BCUT2D eigenvalue weighted by molar-refractivity contribution is -0.119. The molecule has 3 N–H and O–H groups in total. The minimum Gasteiger partial charge on any atom is -0.492 e. The summed E-state index contributed by atoms with van der Waals surface area (Å²) in [6, 6.07) is 1.76. The number of nitrogens with two attached hydrogens (primary N) is 1. The van der Waals surface area contributed by atoms with E-state index in [1.165, 1.54) is 0 Å².